The molecule has 3 fully saturated rings. The van der Waals surface area contributed by atoms with E-state index in [1.807, 2.05) is 112 Å². The van der Waals surface area contributed by atoms with Crippen LogP contribution in [0.15, 0.2) is 147 Å². The fourth-order valence-electron chi connectivity index (χ4n) is 14.1. The number of anilines is 2. The monoisotopic (exact) mass is 1620 g/mol. The largest absolute Gasteiger partial charge is 0.501 e. The van der Waals surface area contributed by atoms with E-state index >= 15 is 0 Å². The van der Waals surface area contributed by atoms with Gasteiger partial charge in [0.2, 0.25) is 23.6 Å². The number of aryl methyl sites for hydroxylation is 1. The summed E-state index contributed by atoms with van der Waals surface area (Å²) in [5.74, 6) is -1.36. The Morgan fingerprint density at radius 2 is 1.41 bits per heavy atom. The van der Waals surface area contributed by atoms with Crippen LogP contribution < -0.4 is 36.2 Å². The van der Waals surface area contributed by atoms with Crippen molar-refractivity contribution in [2.24, 2.45) is 10.8 Å². The van der Waals surface area contributed by atoms with E-state index in [9.17, 15) is 50.4 Å². The molecule has 0 spiro atoms. The van der Waals surface area contributed by atoms with Crippen molar-refractivity contribution in [3.8, 4) is 10.4 Å². The third-order valence-corrected chi connectivity index (χ3v) is 25.1. The highest BCUT2D eigenvalue weighted by Gasteiger charge is 2.49. The maximum absolute atomic E-state index is 14.5. The van der Waals surface area contributed by atoms with E-state index in [1.165, 1.54) is 28.8 Å². The number of likely N-dealkylation sites (tertiary alicyclic amines) is 1. The molecule has 0 radical (unpaired) electrons. The number of aromatic nitrogens is 1. The van der Waals surface area contributed by atoms with Crippen molar-refractivity contribution in [3.05, 3.63) is 160 Å². The highest BCUT2D eigenvalue weighted by Crippen LogP contribution is 2.44. The van der Waals surface area contributed by atoms with E-state index in [0.717, 1.165) is 107 Å². The maximum Gasteiger partial charge on any atom is 0.501 e. The van der Waals surface area contributed by atoms with Crippen LogP contribution in [0.4, 0.5) is 29.3 Å². The molecule has 0 bridgehead atoms. The van der Waals surface area contributed by atoms with Crippen molar-refractivity contribution in [3.63, 3.8) is 0 Å². The minimum absolute atomic E-state index is 0.0878. The number of hydrogen-bond acceptors (Lipinski definition) is 18. The second-order valence-electron chi connectivity index (χ2n) is 30.3. The highest BCUT2D eigenvalue weighted by atomic mass is 35.5. The van der Waals surface area contributed by atoms with Crippen LogP contribution in [0.2, 0.25) is 5.02 Å². The van der Waals surface area contributed by atoms with Gasteiger partial charge in [0.15, 0.2) is 0 Å². The van der Waals surface area contributed by atoms with E-state index < -0.39 is 55.6 Å². The average Bonchev–Trinajstić information content (AvgIpc) is 1.28. The molecular weight excluding hydrogens is 1520 g/mol. The number of ether oxygens (including phenoxy) is 2. The van der Waals surface area contributed by atoms with Crippen LogP contribution in [0.1, 0.15) is 120 Å². The zero-order valence-electron chi connectivity index (χ0n) is 64.1. The van der Waals surface area contributed by atoms with Gasteiger partial charge >= 0.3 is 11.5 Å². The molecule has 600 valence electrons. The zero-order chi connectivity index (χ0) is 79.3. The van der Waals surface area contributed by atoms with Crippen molar-refractivity contribution in [1.82, 2.24) is 50.6 Å². The van der Waals surface area contributed by atoms with Crippen LogP contribution in [0.25, 0.3) is 16.0 Å². The summed E-state index contributed by atoms with van der Waals surface area (Å²) in [6, 6.07) is 34.3. The van der Waals surface area contributed by atoms with Gasteiger partial charge in [-0.15, -0.1) is 23.1 Å². The summed E-state index contributed by atoms with van der Waals surface area (Å²) in [7, 11) is -5.88. The van der Waals surface area contributed by atoms with Crippen LogP contribution >= 0.6 is 46.6 Å². The normalized spacial score (nSPS) is 17.1. The molecule has 30 heteroatoms. The Morgan fingerprint density at radius 3 is 2.07 bits per heavy atom. The first-order chi connectivity index (χ1) is 53.1. The molecule has 22 nitrogen and oxygen atoms in total. The van der Waals surface area contributed by atoms with Gasteiger partial charge in [0.25, 0.3) is 15.7 Å². The van der Waals surface area contributed by atoms with Gasteiger partial charge in [0.1, 0.15) is 17.0 Å². The summed E-state index contributed by atoms with van der Waals surface area (Å²) in [6.07, 6.45) is 4.99. The summed E-state index contributed by atoms with van der Waals surface area (Å²) >= 11 is 10.1. The number of nitrogens with one attached hydrogen (secondary N) is 6. The number of nitrogens with zero attached hydrogens (tertiary/aromatic N) is 6. The molecule has 3 aliphatic heterocycles. The Hall–Kier alpha value is -7.74. The van der Waals surface area contributed by atoms with Gasteiger partial charge in [0.05, 0.1) is 48.2 Å². The topological polar surface area (TPSA) is 256 Å². The lowest BCUT2D eigenvalue weighted by atomic mass is 9.73. The van der Waals surface area contributed by atoms with Crippen LogP contribution in [0.3, 0.4) is 0 Å². The Morgan fingerprint density at radius 1 is 0.739 bits per heavy atom. The molecule has 6 N–H and O–H groups in total. The summed E-state index contributed by atoms with van der Waals surface area (Å²) in [6.45, 7) is 20.8. The predicted octanol–water partition coefficient (Wildman–Crippen LogP) is 12.7. The summed E-state index contributed by atoms with van der Waals surface area (Å²) in [4.78, 5) is 96.0. The molecule has 7 amide bonds. The molecule has 3 saturated heterocycles. The molecule has 6 aromatic rings. The average molecular weight is 1630 g/mol. The lowest BCUT2D eigenvalue weighted by molar-refractivity contribution is -0.144. The molecule has 1 aromatic heterocycles. The van der Waals surface area contributed by atoms with Gasteiger partial charge in [0, 0.05) is 137 Å². The smallest absolute Gasteiger partial charge is 0.381 e. The van der Waals surface area contributed by atoms with E-state index in [-0.39, 0.29) is 92.1 Å². The van der Waals surface area contributed by atoms with Gasteiger partial charge in [-0.1, -0.05) is 106 Å². The first-order valence-corrected chi connectivity index (χ1v) is 42.6. The van der Waals surface area contributed by atoms with Gasteiger partial charge in [-0.05, 0) is 169 Å². The first-order valence-electron chi connectivity index (χ1n) is 38.0. The highest BCUT2D eigenvalue weighted by molar-refractivity contribution is 7.99. The van der Waals surface area contributed by atoms with Gasteiger partial charge in [-0.25, -0.2) is 18.2 Å². The van der Waals surface area contributed by atoms with Crippen LogP contribution in [-0.2, 0) is 45.0 Å². The minimum Gasteiger partial charge on any atom is -0.381 e. The molecule has 4 aliphatic rings. The molecule has 3 atom stereocenters. The molecule has 5 aromatic carbocycles. The number of rotatable bonds is 35. The number of benzene rings is 5. The fourth-order valence-corrected chi connectivity index (χ4v) is 17.7. The van der Waals surface area contributed by atoms with E-state index in [0.29, 0.717) is 82.8 Å². The molecular formula is C81H104ClF3N12O10S4. The molecule has 111 heavy (non-hydrogen) atoms. The van der Waals surface area contributed by atoms with Crippen molar-refractivity contribution < 1.29 is 59.8 Å². The summed E-state index contributed by atoms with van der Waals surface area (Å²) in [5.41, 5.74) is 3.87. The number of thioether (sulfide) groups is 1. The number of halogens is 4. The SMILES string of the molecule is Cc1ncsc1-c1ccc(CNC(=O)[C@@H]2CCCN2C(=O)[C@@H](NC(=O)CCC(=O)NCCOCCOCCNC(=O)N2CCN(CC[C@H](CCSc3ccccc3)Nc3ccc(SNC(=O)c4ccc(N5CCN(CC6=C(c7ccc(Cl)cc7)CCC(C)(C)C6)CC5)cc4)cc3S(=O)(=O)C(F)(F)F)CC2)C(C)(C)C)cc1. The third kappa shape index (κ3) is 25.1. The molecule has 0 unspecified atom stereocenters. The number of thiazole rings is 1. The second-order valence-corrected chi connectivity index (χ2v) is 35.6. The standard InChI is InChI=1S/C81H104ClF3N12O10S4/c1-56-73(109-55-89-56)59-16-14-57(15-17-59)53-88-76(101)69-13-10-36-97(69)77(102)74(79(2,3)4)91-72(99)29-28-71(98)86-34-46-106-48-49-107-47-35-87-78(103)96-44-38-93(39-45-96)37-31-63(32-50-108-65-11-8-7-9-12-65)90-68-27-26-66(51-70(68)111(104,105)81(83,84)85)110-92-75(100)60-20-24-64(25-21-60)95-42-40-94(41-43-95)54-61-52-80(5,6)33-30-67(61)58-18-22-62(82)23-19-58/h7-9,11-12,14-27,51,55,63,69,74,90H,10,13,28-50,52-54H2,1-6H3,(H,86,98)(H,87,103)(H,88,101)(H,91,99)(H,92,100)/t63-,69+,74-/m1/s1. The number of hydrogen-bond donors (Lipinski definition) is 6. The lowest BCUT2D eigenvalue weighted by Crippen LogP contribution is -2.57. The number of allylic oxidation sites excluding steroid dienone is 1. The first kappa shape index (κ1) is 85.7. The van der Waals surface area contributed by atoms with E-state index in [4.69, 9.17) is 21.1 Å². The number of carbonyl (C=O) groups excluding carboxylic acids is 6. The Bertz CT molecular complexity index is 4250. The third-order valence-electron chi connectivity index (χ3n) is 20.5. The van der Waals surface area contributed by atoms with Crippen LogP contribution in [-0.4, -0.2) is 209 Å². The molecule has 1 aliphatic carbocycles. The lowest BCUT2D eigenvalue weighted by Gasteiger charge is -2.39. The van der Waals surface area contributed by atoms with Gasteiger partial charge in [-0.3, -0.25) is 38.5 Å². The van der Waals surface area contributed by atoms with Crippen LogP contribution in [0, 0.1) is 17.8 Å². The van der Waals surface area contributed by atoms with Crippen molar-refractivity contribution in [1.29, 1.82) is 0 Å². The number of sulfone groups is 1. The van der Waals surface area contributed by atoms with Crippen molar-refractivity contribution >= 4 is 109 Å². The molecule has 4 heterocycles. The number of carbonyl (C=O) groups is 6. The Kier molecular flexibility index (Phi) is 31.1. The number of piperazine rings is 2. The summed E-state index contributed by atoms with van der Waals surface area (Å²) < 4.78 is 84.4. The van der Waals surface area contributed by atoms with Crippen molar-refractivity contribution in [2.45, 2.75) is 144 Å². The summed E-state index contributed by atoms with van der Waals surface area (Å²) in [5, 5.41) is 15.4. The van der Waals surface area contributed by atoms with Gasteiger partial charge in [-0.2, -0.15) is 13.2 Å². The van der Waals surface area contributed by atoms with Crippen molar-refractivity contribution in [2.75, 3.05) is 127 Å². The molecule has 10 rings (SSSR count). The Labute approximate surface area is 667 Å². The minimum atomic E-state index is -5.88. The quantitative estimate of drug-likeness (QED) is 0.0123. The van der Waals surface area contributed by atoms with E-state index in [2.05, 4.69) is 77.0 Å². The molecule has 0 saturated carbocycles. The van der Waals surface area contributed by atoms with E-state index in [1.54, 1.807) is 45.0 Å². The van der Waals surface area contributed by atoms with Gasteiger partial charge < -0.3 is 50.8 Å². The van der Waals surface area contributed by atoms with Crippen LogP contribution in [0.5, 0.6) is 0 Å². The predicted molar refractivity (Wildman–Crippen MR) is 433 cm³/mol. The maximum atomic E-state index is 14.5. The fraction of sp³-hybridized carbons (Fsp3) is 0.494. The zero-order valence-corrected chi connectivity index (χ0v) is 68.1. The number of alkyl halides is 3. The number of amides is 7. The second kappa shape index (κ2) is 40.3. The Balaban J connectivity index is 0.608. The number of urea groups is 1.